The van der Waals surface area contributed by atoms with Gasteiger partial charge in [0.1, 0.15) is 33.7 Å². The molecule has 0 fully saturated rings. The lowest BCUT2D eigenvalue weighted by molar-refractivity contribution is 1.16. The second kappa shape index (κ2) is 9.54. The van der Waals surface area contributed by atoms with Crippen molar-refractivity contribution in [3.8, 4) is 0 Å². The van der Waals surface area contributed by atoms with E-state index in [0.717, 1.165) is 21.6 Å². The Hall–Kier alpha value is -5.04. The molecular formula is C24H24N10O2S. The van der Waals surface area contributed by atoms with Crippen LogP contribution < -0.4 is 34.1 Å². The standard InChI is InChI=1S/C13H13N5O.C11H11N5OS/c14-11-8(6-7-4-2-1-3-5-7)9-10(16-11)12(19)18-13(15)17-9;12-9-6(4-5-2-1-3-18-5)7-8(14-9)10(17)16-11(13)15-7/h1-5,16H,6,14H2,(H3,15,17,18,19);1-3,14H,4,12H2,(H3,13,15,16,17). The average molecular weight is 517 g/mol. The normalized spacial score (nSPS) is 11.0. The summed E-state index contributed by atoms with van der Waals surface area (Å²) in [5, 5.41) is 2.00. The van der Waals surface area contributed by atoms with Crippen molar-refractivity contribution in [1.29, 1.82) is 0 Å². The van der Waals surface area contributed by atoms with Gasteiger partial charge in [-0.15, -0.1) is 11.3 Å². The lowest BCUT2D eigenvalue weighted by atomic mass is 10.1. The first-order valence-electron chi connectivity index (χ1n) is 11.2. The zero-order chi connectivity index (χ0) is 26.1. The van der Waals surface area contributed by atoms with E-state index in [1.54, 1.807) is 11.3 Å². The number of nitrogen functional groups attached to an aromatic ring is 4. The maximum absolute atomic E-state index is 11.8. The van der Waals surface area contributed by atoms with Crippen LogP contribution in [0.25, 0.3) is 22.1 Å². The highest BCUT2D eigenvalue weighted by Crippen LogP contribution is 2.25. The second-order valence-electron chi connectivity index (χ2n) is 8.30. The van der Waals surface area contributed by atoms with Crippen LogP contribution in [0, 0.1) is 0 Å². The Labute approximate surface area is 212 Å². The fourth-order valence-electron chi connectivity index (χ4n) is 4.07. The number of nitrogens with one attached hydrogen (secondary N) is 4. The number of nitrogens with two attached hydrogens (primary N) is 4. The van der Waals surface area contributed by atoms with Crippen molar-refractivity contribution >= 4 is 56.9 Å². The maximum Gasteiger partial charge on any atom is 0.276 e. The number of H-pyrrole nitrogens is 4. The van der Waals surface area contributed by atoms with Gasteiger partial charge in [0.25, 0.3) is 11.1 Å². The number of benzene rings is 1. The first-order chi connectivity index (χ1) is 17.8. The molecule has 0 aliphatic carbocycles. The Bertz CT molecular complexity index is 1810. The molecule has 13 heteroatoms. The number of hydrogen-bond acceptors (Lipinski definition) is 9. The predicted molar refractivity (Wildman–Crippen MR) is 147 cm³/mol. The third-order valence-electron chi connectivity index (χ3n) is 5.77. The first kappa shape index (κ1) is 23.7. The Morgan fingerprint density at radius 2 is 1.22 bits per heavy atom. The number of anilines is 4. The van der Waals surface area contributed by atoms with Crippen LogP contribution in [-0.2, 0) is 12.8 Å². The van der Waals surface area contributed by atoms with Crippen LogP contribution in [0.5, 0.6) is 0 Å². The molecule has 12 N–H and O–H groups in total. The van der Waals surface area contributed by atoms with Crippen molar-refractivity contribution < 1.29 is 0 Å². The minimum absolute atomic E-state index is 0.0887. The van der Waals surface area contributed by atoms with Crippen molar-refractivity contribution in [2.24, 2.45) is 0 Å². The van der Waals surface area contributed by atoms with Crippen molar-refractivity contribution in [2.45, 2.75) is 12.8 Å². The molecule has 0 saturated heterocycles. The minimum Gasteiger partial charge on any atom is -0.385 e. The van der Waals surface area contributed by atoms with Gasteiger partial charge < -0.3 is 32.9 Å². The van der Waals surface area contributed by atoms with Gasteiger partial charge in [0.2, 0.25) is 11.9 Å². The van der Waals surface area contributed by atoms with Crippen LogP contribution >= 0.6 is 11.3 Å². The Balaban J connectivity index is 0.000000152. The number of rotatable bonds is 4. The van der Waals surface area contributed by atoms with Crippen LogP contribution in [-0.4, -0.2) is 29.9 Å². The van der Waals surface area contributed by atoms with Gasteiger partial charge in [-0.1, -0.05) is 36.4 Å². The van der Waals surface area contributed by atoms with Gasteiger partial charge >= 0.3 is 0 Å². The molecule has 6 rings (SSSR count). The fraction of sp³-hybridized carbons (Fsp3) is 0.0833. The highest BCUT2D eigenvalue weighted by Gasteiger charge is 2.15. The van der Waals surface area contributed by atoms with E-state index in [-0.39, 0.29) is 23.0 Å². The van der Waals surface area contributed by atoms with Crippen molar-refractivity contribution in [3.05, 3.63) is 90.1 Å². The molecular weight excluding hydrogens is 492 g/mol. The third kappa shape index (κ3) is 4.75. The fourth-order valence-corrected chi connectivity index (χ4v) is 4.79. The van der Waals surface area contributed by atoms with Gasteiger partial charge in [-0.3, -0.25) is 19.6 Å². The van der Waals surface area contributed by atoms with E-state index in [4.69, 9.17) is 22.9 Å². The molecule has 37 heavy (non-hydrogen) atoms. The van der Waals surface area contributed by atoms with Gasteiger partial charge in [0.05, 0.1) is 0 Å². The second-order valence-corrected chi connectivity index (χ2v) is 9.33. The summed E-state index contributed by atoms with van der Waals surface area (Å²) >= 11 is 1.63. The van der Waals surface area contributed by atoms with E-state index in [1.165, 1.54) is 0 Å². The Kier molecular flexibility index (Phi) is 6.11. The molecule has 12 nitrogen and oxygen atoms in total. The largest absolute Gasteiger partial charge is 0.385 e. The highest BCUT2D eigenvalue weighted by molar-refractivity contribution is 7.09. The monoisotopic (exact) mass is 516 g/mol. The van der Waals surface area contributed by atoms with Crippen molar-refractivity contribution in [1.82, 2.24) is 29.9 Å². The molecule has 0 bridgehead atoms. The number of aromatic amines is 4. The summed E-state index contributed by atoms with van der Waals surface area (Å²) in [6.07, 6.45) is 1.24. The van der Waals surface area contributed by atoms with Crippen molar-refractivity contribution in [3.63, 3.8) is 0 Å². The lowest BCUT2D eigenvalue weighted by Crippen LogP contribution is -2.11. The molecule has 0 aliphatic rings. The number of hydrogen-bond donors (Lipinski definition) is 8. The lowest BCUT2D eigenvalue weighted by Gasteiger charge is -2.01. The average Bonchev–Trinajstić information content (AvgIpc) is 3.56. The molecule has 0 spiro atoms. The number of thiophene rings is 1. The quantitative estimate of drug-likeness (QED) is 0.172. The van der Waals surface area contributed by atoms with E-state index in [0.29, 0.717) is 46.5 Å². The molecule has 0 saturated carbocycles. The molecule has 1 aromatic carbocycles. The summed E-state index contributed by atoms with van der Waals surface area (Å²) in [5.74, 6) is 1.09. The van der Waals surface area contributed by atoms with Crippen LogP contribution in [0.1, 0.15) is 21.6 Å². The SMILES string of the molecule is Nc1nc2c(Cc3ccccc3)c(N)[nH]c2c(=O)[nH]1.Nc1nc2c(Cc3cccs3)c(N)[nH]c2c(=O)[nH]1. The van der Waals surface area contributed by atoms with Gasteiger partial charge in [-0.05, 0) is 17.0 Å². The van der Waals surface area contributed by atoms with E-state index in [1.807, 2.05) is 47.8 Å². The molecule has 0 unspecified atom stereocenters. The van der Waals surface area contributed by atoms with E-state index >= 15 is 0 Å². The highest BCUT2D eigenvalue weighted by atomic mass is 32.1. The molecule has 5 aromatic heterocycles. The predicted octanol–water partition coefficient (Wildman–Crippen LogP) is 2.07. The summed E-state index contributed by atoms with van der Waals surface area (Å²) < 4.78 is 0. The minimum atomic E-state index is -0.312. The molecule has 0 atom stereocenters. The Morgan fingerprint density at radius 3 is 1.73 bits per heavy atom. The van der Waals surface area contributed by atoms with Crippen LogP contribution in [0.2, 0.25) is 0 Å². The zero-order valence-electron chi connectivity index (χ0n) is 19.5. The molecule has 0 radical (unpaired) electrons. The van der Waals surface area contributed by atoms with Gasteiger partial charge in [0, 0.05) is 28.8 Å². The van der Waals surface area contributed by atoms with Crippen LogP contribution in [0.3, 0.4) is 0 Å². The zero-order valence-corrected chi connectivity index (χ0v) is 20.3. The Morgan fingerprint density at radius 1 is 0.676 bits per heavy atom. The van der Waals surface area contributed by atoms with Crippen LogP contribution in [0.4, 0.5) is 23.5 Å². The topological polar surface area (TPSA) is 227 Å². The molecule has 5 heterocycles. The molecule has 0 amide bonds. The molecule has 188 valence electrons. The van der Waals surface area contributed by atoms with E-state index in [9.17, 15) is 9.59 Å². The van der Waals surface area contributed by atoms with Crippen molar-refractivity contribution in [2.75, 3.05) is 22.9 Å². The summed E-state index contributed by atoms with van der Waals surface area (Å²) in [7, 11) is 0. The number of fused-ring (bicyclic) bond motifs is 2. The molecule has 6 aromatic rings. The third-order valence-corrected chi connectivity index (χ3v) is 6.65. The summed E-state index contributed by atoms with van der Waals surface area (Å²) in [6, 6.07) is 13.8. The smallest absolute Gasteiger partial charge is 0.276 e. The van der Waals surface area contributed by atoms with Gasteiger partial charge in [-0.2, -0.15) is 0 Å². The van der Waals surface area contributed by atoms with Gasteiger partial charge in [-0.25, -0.2) is 9.97 Å². The summed E-state index contributed by atoms with van der Waals surface area (Å²) in [4.78, 5) is 43.5. The number of nitrogens with zero attached hydrogens (tertiary/aromatic N) is 2. The first-order valence-corrected chi connectivity index (χ1v) is 12.1. The summed E-state index contributed by atoms with van der Waals surface area (Å²) in [5.41, 5.74) is 26.8. The number of aromatic nitrogens is 6. The van der Waals surface area contributed by atoms with E-state index < -0.39 is 0 Å². The summed E-state index contributed by atoms with van der Waals surface area (Å²) in [6.45, 7) is 0. The molecule has 0 aliphatic heterocycles. The van der Waals surface area contributed by atoms with Gasteiger partial charge in [0.15, 0.2) is 0 Å². The van der Waals surface area contributed by atoms with E-state index in [2.05, 4.69) is 29.9 Å². The van der Waals surface area contributed by atoms with Crippen LogP contribution in [0.15, 0.2) is 57.4 Å². The maximum atomic E-state index is 11.8.